The largest absolute Gasteiger partial charge is 0.545 e. The Labute approximate surface area is 173 Å². The summed E-state index contributed by atoms with van der Waals surface area (Å²) in [5.41, 5.74) is 1.59. The number of nitrogens with one attached hydrogen (secondary N) is 1. The Morgan fingerprint density at radius 1 is 1.00 bits per heavy atom. The van der Waals surface area contributed by atoms with Gasteiger partial charge >= 0.3 is 0 Å². The molecule has 2 aromatic carbocycles. The molecule has 2 rings (SSSR count). The number of nitrogens with zero attached hydrogens (tertiary/aromatic N) is 2. The van der Waals surface area contributed by atoms with Gasteiger partial charge in [-0.25, -0.2) is 0 Å². The zero-order valence-electron chi connectivity index (χ0n) is 18.3. The molecule has 0 saturated heterocycles. The van der Waals surface area contributed by atoms with E-state index in [2.05, 4.69) is 38.5 Å². The quantitative estimate of drug-likeness (QED) is 0.636. The van der Waals surface area contributed by atoms with Crippen LogP contribution in [0.1, 0.15) is 36.7 Å². The first kappa shape index (κ1) is 24.0. The first-order chi connectivity index (χ1) is 13.3. The number of aromatic carboxylic acids is 1. The van der Waals surface area contributed by atoms with Gasteiger partial charge in [0.25, 0.3) is 0 Å². The third kappa shape index (κ3) is 10.2. The van der Waals surface area contributed by atoms with Gasteiger partial charge in [0.05, 0.1) is 39.8 Å². The fraction of sp³-hybridized carbons (Fsp3) is 0.348. The van der Waals surface area contributed by atoms with Crippen LogP contribution in [0, 0.1) is 5.41 Å². The minimum Gasteiger partial charge on any atom is -0.545 e. The maximum Gasteiger partial charge on any atom is 0.229 e. The molecule has 0 bridgehead atoms. The lowest BCUT2D eigenvalue weighted by Crippen LogP contribution is -2.27. The highest BCUT2D eigenvalue weighted by atomic mass is 16.4. The number of quaternary nitrogens is 1. The van der Waals surface area contributed by atoms with Crippen molar-refractivity contribution in [3.8, 4) is 0 Å². The van der Waals surface area contributed by atoms with Crippen LogP contribution in [0.4, 0.5) is 11.4 Å². The predicted molar refractivity (Wildman–Crippen MR) is 117 cm³/mol. The fourth-order valence-corrected chi connectivity index (χ4v) is 1.88. The molecule has 0 heterocycles. The molecule has 0 saturated carbocycles. The number of amides is 1. The van der Waals surface area contributed by atoms with Crippen molar-refractivity contribution in [2.75, 3.05) is 33.5 Å². The van der Waals surface area contributed by atoms with Crippen LogP contribution < -0.4 is 10.4 Å². The molecule has 0 aliphatic carbocycles. The summed E-state index contributed by atoms with van der Waals surface area (Å²) < 4.78 is 1.00. The first-order valence-corrected chi connectivity index (χ1v) is 9.31. The highest BCUT2D eigenvalue weighted by Gasteiger charge is 2.21. The lowest BCUT2D eigenvalue weighted by molar-refractivity contribution is -0.849. The fourth-order valence-electron chi connectivity index (χ4n) is 1.88. The van der Waals surface area contributed by atoms with Gasteiger partial charge in [-0.05, 0) is 35.4 Å². The van der Waals surface area contributed by atoms with Gasteiger partial charge in [0, 0.05) is 17.3 Å². The summed E-state index contributed by atoms with van der Waals surface area (Å²) in [5.74, 6) is -1.31. The van der Waals surface area contributed by atoms with Crippen LogP contribution in [-0.4, -0.2) is 50.8 Å². The average molecular weight is 398 g/mol. The van der Waals surface area contributed by atoms with E-state index in [0.717, 1.165) is 10.0 Å². The van der Waals surface area contributed by atoms with Crippen LogP contribution in [-0.2, 0) is 4.79 Å². The Balaban J connectivity index is 0.000000749. The summed E-state index contributed by atoms with van der Waals surface area (Å²) in [7, 11) is 8.50. The van der Waals surface area contributed by atoms with Crippen LogP contribution in [0.3, 0.4) is 0 Å². The normalized spacial score (nSPS) is 11.6. The number of rotatable bonds is 4. The third-order valence-electron chi connectivity index (χ3n) is 3.27. The van der Waals surface area contributed by atoms with Crippen molar-refractivity contribution in [1.29, 1.82) is 0 Å². The van der Waals surface area contributed by atoms with E-state index in [-0.39, 0.29) is 11.5 Å². The molecule has 2 aromatic rings. The summed E-state index contributed by atoms with van der Waals surface area (Å²) in [6.45, 7) is 5.54. The number of carbonyl (C=O) groups excluding carboxylic acids is 2. The van der Waals surface area contributed by atoms with E-state index in [1.165, 1.54) is 12.1 Å². The number of hydrogen-bond donors (Lipinski definition) is 1. The van der Waals surface area contributed by atoms with Crippen molar-refractivity contribution < 1.29 is 19.2 Å². The van der Waals surface area contributed by atoms with Crippen molar-refractivity contribution in [3.63, 3.8) is 0 Å². The monoisotopic (exact) mass is 397 g/mol. The summed E-state index contributed by atoms with van der Waals surface area (Å²) >= 11 is 0. The molecule has 0 radical (unpaired) electrons. The molecule has 29 heavy (non-hydrogen) atoms. The van der Waals surface area contributed by atoms with Gasteiger partial charge in [0.1, 0.15) is 0 Å². The highest BCUT2D eigenvalue weighted by Crippen LogP contribution is 2.18. The van der Waals surface area contributed by atoms with E-state index >= 15 is 0 Å². The topological polar surface area (TPSA) is 81.6 Å². The smallest absolute Gasteiger partial charge is 0.229 e. The van der Waals surface area contributed by atoms with E-state index in [1.807, 2.05) is 32.9 Å². The number of carboxylic acids is 1. The lowest BCUT2D eigenvalue weighted by atomic mass is 9.95. The molecule has 0 aliphatic heterocycles. The Morgan fingerprint density at radius 2 is 1.59 bits per heavy atom. The molecule has 0 unspecified atom stereocenters. The van der Waals surface area contributed by atoms with Gasteiger partial charge in [0.15, 0.2) is 0 Å². The van der Waals surface area contributed by atoms with Gasteiger partial charge in [-0.3, -0.25) is 9.79 Å². The van der Waals surface area contributed by atoms with Crippen molar-refractivity contribution in [1.82, 2.24) is 0 Å². The predicted octanol–water partition coefficient (Wildman–Crippen LogP) is 3.11. The maximum absolute atomic E-state index is 12.0. The Hall–Kier alpha value is -2.99. The zero-order valence-corrected chi connectivity index (χ0v) is 18.3. The Kier molecular flexibility index (Phi) is 8.28. The molecule has 6 heteroatoms. The third-order valence-corrected chi connectivity index (χ3v) is 3.27. The number of carboxylic acid groups (broad SMARTS) is 1. The molecule has 6 nitrogen and oxygen atoms in total. The van der Waals surface area contributed by atoms with Crippen LogP contribution in [0.5, 0.6) is 0 Å². The Morgan fingerprint density at radius 3 is 2.14 bits per heavy atom. The summed E-state index contributed by atoms with van der Waals surface area (Å²) in [5, 5.41) is 13.7. The van der Waals surface area contributed by atoms with E-state index in [0.29, 0.717) is 11.4 Å². The van der Waals surface area contributed by atoms with Gasteiger partial charge in [-0.15, -0.1) is 0 Å². The van der Waals surface area contributed by atoms with E-state index in [1.54, 1.807) is 30.5 Å². The molecule has 0 atom stereocenters. The molecule has 0 aromatic heterocycles. The Bertz CT molecular complexity index is 869. The first-order valence-electron chi connectivity index (χ1n) is 9.31. The molecular weight excluding hydrogens is 366 g/mol. The van der Waals surface area contributed by atoms with Crippen molar-refractivity contribution in [2.24, 2.45) is 10.4 Å². The molecular formula is C23H31N3O3. The van der Waals surface area contributed by atoms with E-state index < -0.39 is 11.4 Å². The molecule has 0 aliphatic rings. The number of aliphatic imine (C=N–C) groups is 1. The minimum atomic E-state index is -1.24. The molecule has 0 fully saturated rings. The van der Waals surface area contributed by atoms with Crippen LogP contribution in [0.15, 0.2) is 53.5 Å². The van der Waals surface area contributed by atoms with Gasteiger partial charge in [-0.1, -0.05) is 45.0 Å². The maximum atomic E-state index is 12.0. The van der Waals surface area contributed by atoms with Crippen LogP contribution >= 0.6 is 0 Å². The van der Waals surface area contributed by atoms with Gasteiger partial charge in [0.2, 0.25) is 5.91 Å². The highest BCUT2D eigenvalue weighted by molar-refractivity contribution is 5.95. The van der Waals surface area contributed by atoms with Crippen molar-refractivity contribution in [3.05, 3.63) is 59.7 Å². The van der Waals surface area contributed by atoms with Crippen molar-refractivity contribution in [2.45, 2.75) is 20.8 Å². The zero-order chi connectivity index (χ0) is 22.2. The number of hydrogen-bond acceptors (Lipinski definition) is 4. The number of carbonyl (C=O) groups is 2. The van der Waals surface area contributed by atoms with Crippen LogP contribution in [0.25, 0.3) is 0 Å². The molecule has 156 valence electrons. The number of benzene rings is 2. The van der Waals surface area contributed by atoms with E-state index in [4.69, 9.17) is 0 Å². The second-order valence-electron chi connectivity index (χ2n) is 9.11. The molecule has 1 amide bonds. The summed E-state index contributed by atoms with van der Waals surface area (Å²) in [6.07, 6.45) is 1.61. The minimum absolute atomic E-state index is 0.0711. The lowest BCUT2D eigenvalue weighted by Gasteiger charge is -2.17. The van der Waals surface area contributed by atoms with Gasteiger partial charge in [-0.2, -0.15) is 0 Å². The van der Waals surface area contributed by atoms with E-state index in [9.17, 15) is 14.7 Å². The summed E-state index contributed by atoms with van der Waals surface area (Å²) in [4.78, 5) is 27.1. The standard InChI is InChI=1S/C19H20N2O3.C4H12N/c1-19(2,3)18(24)21-16-9-4-6-13(10-16)12-20-15-8-5-7-14(11-15)17(22)23;1-5(2,3)4/h4-12H,1-3H3,(H,21,24)(H,22,23);1-4H3/q;+1/p-1. The summed E-state index contributed by atoms with van der Waals surface area (Å²) in [6, 6.07) is 13.5. The van der Waals surface area contributed by atoms with Crippen LogP contribution in [0.2, 0.25) is 0 Å². The molecule has 1 N–H and O–H groups in total. The van der Waals surface area contributed by atoms with Gasteiger partial charge < -0.3 is 19.7 Å². The molecule has 0 spiro atoms. The SMILES string of the molecule is CC(C)(C)C(=O)Nc1cccc(C=Nc2cccc(C(=O)[O-])c2)c1.C[N+](C)(C)C. The second-order valence-corrected chi connectivity index (χ2v) is 9.11. The number of anilines is 1. The second kappa shape index (κ2) is 9.98. The van der Waals surface area contributed by atoms with Crippen molar-refractivity contribution >= 4 is 29.5 Å². The average Bonchev–Trinajstić information content (AvgIpc) is 2.58.